The van der Waals surface area contributed by atoms with Crippen molar-refractivity contribution in [1.29, 1.82) is 0 Å². The lowest BCUT2D eigenvalue weighted by atomic mass is 10.1. The molecule has 0 unspecified atom stereocenters. The Balaban J connectivity index is 1.81. The first-order chi connectivity index (χ1) is 9.75. The largest absolute Gasteiger partial charge is 0.362 e. The van der Waals surface area contributed by atoms with Crippen LogP contribution in [0, 0.1) is 6.92 Å². The molecular weight excluding hydrogens is 270 g/mol. The zero-order valence-electron chi connectivity index (χ0n) is 11.0. The first kappa shape index (κ1) is 12.7. The number of benzene rings is 1. The van der Waals surface area contributed by atoms with Crippen LogP contribution in [0.25, 0.3) is 10.2 Å². The third-order valence-electron chi connectivity index (χ3n) is 3.07. The molecule has 1 aromatic carbocycles. The molecule has 0 radical (unpaired) electrons. The molecule has 20 heavy (non-hydrogen) atoms. The summed E-state index contributed by atoms with van der Waals surface area (Å²) in [7, 11) is 0. The second-order valence-corrected chi connectivity index (χ2v) is 5.32. The van der Waals surface area contributed by atoms with E-state index in [9.17, 15) is 4.79 Å². The summed E-state index contributed by atoms with van der Waals surface area (Å²) in [5.74, 6) is 0.767. The van der Waals surface area contributed by atoms with Crippen LogP contribution in [-0.2, 0) is 0 Å². The van der Waals surface area contributed by atoms with E-state index in [1.807, 2.05) is 42.6 Å². The summed E-state index contributed by atoms with van der Waals surface area (Å²) in [6.07, 6.45) is 1.52. The van der Waals surface area contributed by atoms with Crippen LogP contribution >= 0.6 is 11.3 Å². The number of anilines is 1. The molecule has 2 aromatic heterocycles. The molecule has 0 aliphatic rings. The molecule has 3 rings (SSSR count). The molecule has 0 spiro atoms. The molecule has 0 aliphatic heterocycles. The molecule has 0 bridgehead atoms. The van der Waals surface area contributed by atoms with Gasteiger partial charge in [-0.3, -0.25) is 4.79 Å². The Morgan fingerprint density at radius 2 is 2.05 bits per heavy atom. The molecule has 0 amide bonds. The molecule has 0 atom stereocenters. The second kappa shape index (κ2) is 5.38. The van der Waals surface area contributed by atoms with Gasteiger partial charge in [0.1, 0.15) is 17.0 Å². The molecular formula is C15H13N3OS. The molecule has 0 saturated heterocycles. The zero-order chi connectivity index (χ0) is 13.9. The van der Waals surface area contributed by atoms with Gasteiger partial charge >= 0.3 is 0 Å². The minimum Gasteiger partial charge on any atom is -0.362 e. The highest BCUT2D eigenvalue weighted by Gasteiger charge is 2.10. The molecule has 0 saturated carbocycles. The number of ketones is 1. The summed E-state index contributed by atoms with van der Waals surface area (Å²) in [6.45, 7) is 2.25. The number of thiophene rings is 1. The summed E-state index contributed by atoms with van der Waals surface area (Å²) in [5, 5.41) is 6.16. The van der Waals surface area contributed by atoms with Gasteiger partial charge < -0.3 is 5.32 Å². The summed E-state index contributed by atoms with van der Waals surface area (Å²) < 4.78 is 0. The lowest BCUT2D eigenvalue weighted by Crippen LogP contribution is -2.14. The SMILES string of the molecule is Cc1csc2ncnc(NCC(=O)c3ccccc3)c12. The van der Waals surface area contributed by atoms with Crippen LogP contribution in [-0.4, -0.2) is 22.3 Å². The molecule has 0 fully saturated rings. The maximum atomic E-state index is 12.1. The molecule has 3 aromatic rings. The van der Waals surface area contributed by atoms with Gasteiger partial charge in [0.05, 0.1) is 11.9 Å². The Morgan fingerprint density at radius 1 is 1.25 bits per heavy atom. The van der Waals surface area contributed by atoms with Crippen LogP contribution in [0.15, 0.2) is 42.0 Å². The van der Waals surface area contributed by atoms with Crippen LogP contribution < -0.4 is 5.32 Å². The molecule has 4 nitrogen and oxygen atoms in total. The maximum absolute atomic E-state index is 12.1. The smallest absolute Gasteiger partial charge is 0.181 e. The minimum absolute atomic E-state index is 0.0465. The highest BCUT2D eigenvalue weighted by molar-refractivity contribution is 7.17. The standard InChI is InChI=1S/C15H13N3OS/c1-10-8-20-15-13(10)14(17-9-18-15)16-7-12(19)11-5-3-2-4-6-11/h2-6,8-9H,7H2,1H3,(H,16,17,18). The maximum Gasteiger partial charge on any atom is 0.181 e. The summed E-state index contributed by atoms with van der Waals surface area (Å²) in [6, 6.07) is 9.25. The van der Waals surface area contributed by atoms with Gasteiger partial charge in [-0.15, -0.1) is 11.3 Å². The average molecular weight is 283 g/mol. The Kier molecular flexibility index (Phi) is 3.43. The number of carbonyl (C=O) groups excluding carboxylic acids is 1. The Bertz CT molecular complexity index is 752. The van der Waals surface area contributed by atoms with Gasteiger partial charge in [0.2, 0.25) is 0 Å². The van der Waals surface area contributed by atoms with Crippen molar-refractivity contribution in [2.24, 2.45) is 0 Å². The van der Waals surface area contributed by atoms with Crippen LogP contribution in [0.4, 0.5) is 5.82 Å². The molecule has 2 heterocycles. The summed E-state index contributed by atoms with van der Waals surface area (Å²) in [4.78, 5) is 21.5. The van der Waals surface area contributed by atoms with Crippen molar-refractivity contribution < 1.29 is 4.79 Å². The number of nitrogens with one attached hydrogen (secondary N) is 1. The predicted molar refractivity (Wildman–Crippen MR) is 81.4 cm³/mol. The van der Waals surface area contributed by atoms with Crippen molar-refractivity contribution in [2.45, 2.75) is 6.92 Å². The number of rotatable bonds is 4. The first-order valence-electron chi connectivity index (χ1n) is 6.26. The monoisotopic (exact) mass is 283 g/mol. The zero-order valence-corrected chi connectivity index (χ0v) is 11.8. The van der Waals surface area contributed by atoms with E-state index in [0.29, 0.717) is 5.56 Å². The van der Waals surface area contributed by atoms with Crippen molar-refractivity contribution in [1.82, 2.24) is 9.97 Å². The van der Waals surface area contributed by atoms with Crippen molar-refractivity contribution in [3.8, 4) is 0 Å². The highest BCUT2D eigenvalue weighted by atomic mass is 32.1. The van der Waals surface area contributed by atoms with Crippen molar-refractivity contribution in [2.75, 3.05) is 11.9 Å². The fraction of sp³-hybridized carbons (Fsp3) is 0.133. The average Bonchev–Trinajstić information content (AvgIpc) is 2.88. The number of fused-ring (bicyclic) bond motifs is 1. The normalized spacial score (nSPS) is 10.7. The van der Waals surface area contributed by atoms with Gasteiger partial charge in [-0.25, -0.2) is 9.97 Å². The number of hydrogen-bond acceptors (Lipinski definition) is 5. The fourth-order valence-corrected chi connectivity index (χ4v) is 2.93. The number of carbonyl (C=O) groups is 1. The van der Waals surface area contributed by atoms with E-state index in [2.05, 4.69) is 15.3 Å². The quantitative estimate of drug-likeness (QED) is 0.746. The number of aryl methyl sites for hydroxylation is 1. The predicted octanol–water partition coefficient (Wildman–Crippen LogP) is 3.29. The van der Waals surface area contributed by atoms with E-state index in [-0.39, 0.29) is 12.3 Å². The summed E-state index contributed by atoms with van der Waals surface area (Å²) in [5.41, 5.74) is 1.83. The van der Waals surface area contributed by atoms with E-state index in [4.69, 9.17) is 0 Å². The van der Waals surface area contributed by atoms with Crippen LogP contribution in [0.5, 0.6) is 0 Å². The lowest BCUT2D eigenvalue weighted by Gasteiger charge is -2.06. The highest BCUT2D eigenvalue weighted by Crippen LogP contribution is 2.28. The van der Waals surface area contributed by atoms with E-state index in [1.54, 1.807) is 11.3 Å². The van der Waals surface area contributed by atoms with Crippen molar-refractivity contribution in [3.05, 3.63) is 53.2 Å². The van der Waals surface area contributed by atoms with Gasteiger partial charge in [-0.1, -0.05) is 30.3 Å². The van der Waals surface area contributed by atoms with Crippen molar-refractivity contribution >= 4 is 33.2 Å². The third-order valence-corrected chi connectivity index (χ3v) is 4.07. The summed E-state index contributed by atoms with van der Waals surface area (Å²) >= 11 is 1.58. The van der Waals surface area contributed by atoms with Gasteiger partial charge in [-0.05, 0) is 17.9 Å². The van der Waals surface area contributed by atoms with Crippen LogP contribution in [0.3, 0.4) is 0 Å². The number of hydrogen-bond donors (Lipinski definition) is 1. The van der Waals surface area contributed by atoms with Gasteiger partial charge in [0.25, 0.3) is 0 Å². The van der Waals surface area contributed by atoms with Crippen LogP contribution in [0.2, 0.25) is 0 Å². The lowest BCUT2D eigenvalue weighted by molar-refractivity contribution is 0.101. The fourth-order valence-electron chi connectivity index (χ4n) is 2.04. The van der Waals surface area contributed by atoms with E-state index in [0.717, 1.165) is 21.6 Å². The number of nitrogens with zero attached hydrogens (tertiary/aromatic N) is 2. The number of Topliss-reactive ketones (excluding diaryl/α,β-unsaturated/α-hetero) is 1. The van der Waals surface area contributed by atoms with Gasteiger partial charge in [0, 0.05) is 5.56 Å². The van der Waals surface area contributed by atoms with E-state index in [1.165, 1.54) is 6.33 Å². The Hall–Kier alpha value is -2.27. The van der Waals surface area contributed by atoms with E-state index >= 15 is 0 Å². The van der Waals surface area contributed by atoms with Crippen molar-refractivity contribution in [3.63, 3.8) is 0 Å². The van der Waals surface area contributed by atoms with Gasteiger partial charge in [0.15, 0.2) is 5.78 Å². The van der Waals surface area contributed by atoms with E-state index < -0.39 is 0 Å². The molecule has 5 heteroatoms. The Labute approximate surface area is 120 Å². The molecule has 0 aliphatic carbocycles. The third kappa shape index (κ3) is 2.40. The van der Waals surface area contributed by atoms with Crippen LogP contribution in [0.1, 0.15) is 15.9 Å². The molecule has 1 N–H and O–H groups in total. The Morgan fingerprint density at radius 3 is 2.85 bits per heavy atom. The van der Waals surface area contributed by atoms with Gasteiger partial charge in [-0.2, -0.15) is 0 Å². The number of aromatic nitrogens is 2. The second-order valence-electron chi connectivity index (χ2n) is 4.46. The molecule has 100 valence electrons. The topological polar surface area (TPSA) is 54.9 Å². The minimum atomic E-state index is 0.0465. The first-order valence-corrected chi connectivity index (χ1v) is 7.14.